The first kappa shape index (κ1) is 11.4. The summed E-state index contributed by atoms with van der Waals surface area (Å²) in [6.45, 7) is 3.99. The Kier molecular flexibility index (Phi) is 3.23. The molecule has 0 bridgehead atoms. The molecule has 0 saturated heterocycles. The number of benzene rings is 1. The van der Waals surface area contributed by atoms with Crippen molar-refractivity contribution in [3.8, 4) is 17.1 Å². The van der Waals surface area contributed by atoms with Gasteiger partial charge < -0.3 is 10.5 Å². The Morgan fingerprint density at radius 3 is 2.18 bits per heavy atom. The minimum Gasteiger partial charge on any atom is -0.491 e. The van der Waals surface area contributed by atoms with Crippen LogP contribution in [-0.4, -0.2) is 16.1 Å². The van der Waals surface area contributed by atoms with Crippen molar-refractivity contribution in [2.24, 2.45) is 0 Å². The highest BCUT2D eigenvalue weighted by atomic mass is 16.5. The summed E-state index contributed by atoms with van der Waals surface area (Å²) in [6.07, 6.45) is 3.37. The van der Waals surface area contributed by atoms with E-state index in [9.17, 15) is 0 Å². The second kappa shape index (κ2) is 4.82. The minimum absolute atomic E-state index is 0.175. The summed E-state index contributed by atoms with van der Waals surface area (Å²) in [5.41, 5.74) is 7.05. The molecule has 4 nitrogen and oxygen atoms in total. The molecule has 1 aromatic carbocycles. The first-order valence-electron chi connectivity index (χ1n) is 5.50. The maximum absolute atomic E-state index is 5.56. The summed E-state index contributed by atoms with van der Waals surface area (Å²) in [4.78, 5) is 8.32. The maximum Gasteiger partial charge on any atom is 0.159 e. The van der Waals surface area contributed by atoms with E-state index >= 15 is 0 Å². The van der Waals surface area contributed by atoms with Crippen LogP contribution in [0.15, 0.2) is 36.7 Å². The van der Waals surface area contributed by atoms with Crippen LogP contribution in [-0.2, 0) is 0 Å². The fourth-order valence-electron chi connectivity index (χ4n) is 1.44. The van der Waals surface area contributed by atoms with Gasteiger partial charge in [0.25, 0.3) is 0 Å². The van der Waals surface area contributed by atoms with E-state index in [1.807, 2.05) is 38.1 Å². The molecule has 0 aliphatic rings. The molecule has 88 valence electrons. The van der Waals surface area contributed by atoms with E-state index in [1.165, 1.54) is 0 Å². The molecular formula is C13H15N3O. The number of aromatic nitrogens is 2. The second-order valence-corrected chi connectivity index (χ2v) is 4.03. The summed E-state index contributed by atoms with van der Waals surface area (Å²) >= 11 is 0. The van der Waals surface area contributed by atoms with Gasteiger partial charge in [0.1, 0.15) is 5.75 Å². The Morgan fingerprint density at radius 2 is 1.65 bits per heavy atom. The van der Waals surface area contributed by atoms with Crippen LogP contribution in [0.2, 0.25) is 0 Å². The van der Waals surface area contributed by atoms with Gasteiger partial charge in [-0.15, -0.1) is 0 Å². The lowest BCUT2D eigenvalue weighted by atomic mass is 10.2. The van der Waals surface area contributed by atoms with Gasteiger partial charge in [0.05, 0.1) is 24.2 Å². The molecule has 0 fully saturated rings. The molecule has 0 radical (unpaired) electrons. The van der Waals surface area contributed by atoms with E-state index in [4.69, 9.17) is 10.5 Å². The largest absolute Gasteiger partial charge is 0.491 e. The number of nitrogen functional groups attached to an aromatic ring is 1. The summed E-state index contributed by atoms with van der Waals surface area (Å²) in [5.74, 6) is 1.51. The third-order valence-electron chi connectivity index (χ3n) is 2.16. The average Bonchev–Trinajstić information content (AvgIpc) is 2.30. The van der Waals surface area contributed by atoms with E-state index in [-0.39, 0.29) is 6.10 Å². The van der Waals surface area contributed by atoms with Crippen LogP contribution < -0.4 is 10.5 Å². The highest BCUT2D eigenvalue weighted by molar-refractivity contribution is 5.56. The van der Waals surface area contributed by atoms with Gasteiger partial charge in [-0.1, -0.05) is 0 Å². The minimum atomic E-state index is 0.175. The highest BCUT2D eigenvalue weighted by Crippen LogP contribution is 2.20. The zero-order chi connectivity index (χ0) is 12.3. The van der Waals surface area contributed by atoms with E-state index in [2.05, 4.69) is 9.97 Å². The zero-order valence-electron chi connectivity index (χ0n) is 9.92. The van der Waals surface area contributed by atoms with Crippen LogP contribution >= 0.6 is 0 Å². The van der Waals surface area contributed by atoms with Crippen molar-refractivity contribution in [3.63, 3.8) is 0 Å². The molecular weight excluding hydrogens is 214 g/mol. The van der Waals surface area contributed by atoms with Crippen molar-refractivity contribution >= 4 is 5.69 Å². The van der Waals surface area contributed by atoms with Crippen molar-refractivity contribution in [1.82, 2.24) is 9.97 Å². The molecule has 1 aromatic heterocycles. The van der Waals surface area contributed by atoms with Gasteiger partial charge >= 0.3 is 0 Å². The molecule has 0 atom stereocenters. The van der Waals surface area contributed by atoms with E-state index in [0.29, 0.717) is 11.5 Å². The summed E-state index contributed by atoms with van der Waals surface area (Å²) in [7, 11) is 0. The Hall–Kier alpha value is -2.10. The monoisotopic (exact) mass is 229 g/mol. The first-order valence-corrected chi connectivity index (χ1v) is 5.50. The fourth-order valence-corrected chi connectivity index (χ4v) is 1.44. The summed E-state index contributed by atoms with van der Waals surface area (Å²) in [6, 6.07) is 7.69. The average molecular weight is 229 g/mol. The van der Waals surface area contributed by atoms with Crippen LogP contribution in [0.5, 0.6) is 5.75 Å². The van der Waals surface area contributed by atoms with Gasteiger partial charge in [0, 0.05) is 5.56 Å². The van der Waals surface area contributed by atoms with Gasteiger partial charge in [0.15, 0.2) is 5.82 Å². The second-order valence-electron chi connectivity index (χ2n) is 4.03. The van der Waals surface area contributed by atoms with Crippen LogP contribution in [0.3, 0.4) is 0 Å². The van der Waals surface area contributed by atoms with E-state index in [0.717, 1.165) is 11.3 Å². The molecule has 0 aliphatic heterocycles. The smallest absolute Gasteiger partial charge is 0.159 e. The Morgan fingerprint density at radius 1 is 1.06 bits per heavy atom. The molecule has 2 rings (SSSR count). The number of hydrogen-bond acceptors (Lipinski definition) is 4. The number of nitrogens with zero attached hydrogens (tertiary/aromatic N) is 2. The van der Waals surface area contributed by atoms with Crippen molar-refractivity contribution in [3.05, 3.63) is 36.7 Å². The number of anilines is 1. The topological polar surface area (TPSA) is 61.0 Å². The molecule has 4 heteroatoms. The number of nitrogens with two attached hydrogens (primary N) is 1. The van der Waals surface area contributed by atoms with Crippen molar-refractivity contribution in [2.45, 2.75) is 20.0 Å². The fraction of sp³-hybridized carbons (Fsp3) is 0.231. The molecule has 2 aromatic rings. The van der Waals surface area contributed by atoms with Crippen LogP contribution in [0.25, 0.3) is 11.4 Å². The lowest BCUT2D eigenvalue weighted by molar-refractivity contribution is 0.242. The van der Waals surface area contributed by atoms with Crippen molar-refractivity contribution in [2.75, 3.05) is 5.73 Å². The lowest BCUT2D eigenvalue weighted by Gasteiger charge is -2.09. The molecule has 0 aliphatic carbocycles. The predicted octanol–water partition coefficient (Wildman–Crippen LogP) is 2.51. The van der Waals surface area contributed by atoms with Crippen LogP contribution in [0.1, 0.15) is 13.8 Å². The van der Waals surface area contributed by atoms with E-state index < -0.39 is 0 Å². The third-order valence-corrected chi connectivity index (χ3v) is 2.16. The molecule has 0 unspecified atom stereocenters. The van der Waals surface area contributed by atoms with Crippen LogP contribution in [0, 0.1) is 0 Å². The number of rotatable bonds is 3. The quantitative estimate of drug-likeness (QED) is 0.878. The van der Waals surface area contributed by atoms with Crippen molar-refractivity contribution < 1.29 is 4.74 Å². The molecule has 0 saturated carbocycles. The molecule has 0 amide bonds. The zero-order valence-corrected chi connectivity index (χ0v) is 9.92. The SMILES string of the molecule is CC(C)Oc1ccc(-c2ncc(N)cn2)cc1. The maximum atomic E-state index is 5.56. The number of hydrogen-bond donors (Lipinski definition) is 1. The molecule has 1 heterocycles. The van der Waals surface area contributed by atoms with Gasteiger partial charge in [0.2, 0.25) is 0 Å². The first-order chi connectivity index (χ1) is 8.15. The molecule has 0 spiro atoms. The predicted molar refractivity (Wildman–Crippen MR) is 67.6 cm³/mol. The molecule has 17 heavy (non-hydrogen) atoms. The van der Waals surface area contributed by atoms with Gasteiger partial charge in [-0.2, -0.15) is 0 Å². The van der Waals surface area contributed by atoms with Crippen molar-refractivity contribution in [1.29, 1.82) is 0 Å². The number of ether oxygens (including phenoxy) is 1. The molecule has 2 N–H and O–H groups in total. The normalized spacial score (nSPS) is 10.5. The Labute approximate surface area is 100 Å². The Bertz CT molecular complexity index is 477. The van der Waals surface area contributed by atoms with Gasteiger partial charge in [-0.05, 0) is 38.1 Å². The Balaban J connectivity index is 2.20. The van der Waals surface area contributed by atoms with E-state index in [1.54, 1.807) is 12.4 Å². The summed E-state index contributed by atoms with van der Waals surface area (Å²) in [5, 5.41) is 0. The summed E-state index contributed by atoms with van der Waals surface area (Å²) < 4.78 is 5.56. The van der Waals surface area contributed by atoms with Gasteiger partial charge in [-0.25, -0.2) is 9.97 Å². The van der Waals surface area contributed by atoms with Crippen LogP contribution in [0.4, 0.5) is 5.69 Å². The standard InChI is InChI=1S/C13H15N3O/c1-9(2)17-12-5-3-10(4-6-12)13-15-7-11(14)8-16-13/h3-9H,14H2,1-2H3. The third kappa shape index (κ3) is 2.93. The lowest BCUT2D eigenvalue weighted by Crippen LogP contribution is -2.05. The highest BCUT2D eigenvalue weighted by Gasteiger charge is 2.02. The van der Waals surface area contributed by atoms with Gasteiger partial charge in [-0.3, -0.25) is 0 Å².